The van der Waals surface area contributed by atoms with Gasteiger partial charge >= 0.3 is 6.03 Å². The van der Waals surface area contributed by atoms with Crippen LogP contribution in [0.2, 0.25) is 0 Å². The fraction of sp³-hybridized carbons (Fsp3) is 0.400. The molecule has 31 heavy (non-hydrogen) atoms. The first-order chi connectivity index (χ1) is 14.8. The van der Waals surface area contributed by atoms with E-state index < -0.39 is 23.4 Å². The van der Waals surface area contributed by atoms with Gasteiger partial charge in [-0.15, -0.1) is 0 Å². The van der Waals surface area contributed by atoms with Crippen molar-refractivity contribution in [2.24, 2.45) is 0 Å². The van der Waals surface area contributed by atoms with Crippen LogP contribution in [0.4, 0.5) is 10.5 Å². The molecule has 2 atom stereocenters. The Balaban J connectivity index is 1.67. The number of urea groups is 1. The molecule has 6 heteroatoms. The minimum Gasteiger partial charge on any atom is -0.325 e. The SMILES string of the molecule is CCCc1ccc([C@]2(C)NC(=O)N(CC(=O)Nc3ccc([C@H](C)CC)cc3)C2=O)cc1. The molecule has 6 nitrogen and oxygen atoms in total. The number of amides is 4. The Morgan fingerprint density at radius 1 is 1.06 bits per heavy atom. The molecule has 1 aliphatic rings. The molecule has 0 spiro atoms. The molecule has 2 aromatic carbocycles. The number of carbonyl (C=O) groups excluding carboxylic acids is 3. The summed E-state index contributed by atoms with van der Waals surface area (Å²) in [6.45, 7) is 7.74. The third-order valence-electron chi connectivity index (χ3n) is 6.02. The lowest BCUT2D eigenvalue weighted by atomic mass is 9.91. The Hall–Kier alpha value is -3.15. The van der Waals surface area contributed by atoms with E-state index in [0.717, 1.165) is 24.2 Å². The molecule has 0 bridgehead atoms. The van der Waals surface area contributed by atoms with Crippen LogP contribution in [0.3, 0.4) is 0 Å². The van der Waals surface area contributed by atoms with Crippen molar-refractivity contribution >= 4 is 23.5 Å². The van der Waals surface area contributed by atoms with Gasteiger partial charge in [-0.25, -0.2) is 4.79 Å². The molecule has 164 valence electrons. The van der Waals surface area contributed by atoms with Crippen LogP contribution in [-0.4, -0.2) is 29.3 Å². The van der Waals surface area contributed by atoms with Crippen molar-refractivity contribution in [2.75, 3.05) is 11.9 Å². The number of anilines is 1. The molecule has 1 fully saturated rings. The maximum atomic E-state index is 13.1. The standard InChI is InChI=1S/C25H31N3O3/c1-5-7-18-8-12-20(13-9-18)25(4)23(30)28(24(31)27-25)16-22(29)26-21-14-10-19(11-15-21)17(3)6-2/h8-15,17H,5-7,16H2,1-4H3,(H,26,29)(H,27,31)/t17-,25+/m1/s1. The molecule has 0 aromatic heterocycles. The highest BCUT2D eigenvalue weighted by Crippen LogP contribution is 2.29. The fourth-order valence-electron chi connectivity index (χ4n) is 3.80. The highest BCUT2D eigenvalue weighted by molar-refractivity contribution is 6.10. The molecule has 1 saturated heterocycles. The molecular weight excluding hydrogens is 390 g/mol. The number of imide groups is 1. The van der Waals surface area contributed by atoms with Crippen LogP contribution in [-0.2, 0) is 21.5 Å². The number of hydrogen-bond donors (Lipinski definition) is 2. The summed E-state index contributed by atoms with van der Waals surface area (Å²) < 4.78 is 0. The van der Waals surface area contributed by atoms with Crippen LogP contribution in [0.5, 0.6) is 0 Å². The summed E-state index contributed by atoms with van der Waals surface area (Å²) in [5.74, 6) is -0.394. The van der Waals surface area contributed by atoms with E-state index in [2.05, 4.69) is 31.4 Å². The molecule has 0 saturated carbocycles. The van der Waals surface area contributed by atoms with Crippen molar-refractivity contribution < 1.29 is 14.4 Å². The molecular formula is C25H31N3O3. The van der Waals surface area contributed by atoms with E-state index in [-0.39, 0.29) is 6.54 Å². The van der Waals surface area contributed by atoms with Crippen molar-refractivity contribution in [3.8, 4) is 0 Å². The molecule has 0 unspecified atom stereocenters. The highest BCUT2D eigenvalue weighted by Gasteiger charge is 2.49. The first-order valence-electron chi connectivity index (χ1n) is 10.9. The Morgan fingerprint density at radius 2 is 1.71 bits per heavy atom. The number of benzene rings is 2. The summed E-state index contributed by atoms with van der Waals surface area (Å²) in [5.41, 5.74) is 2.55. The van der Waals surface area contributed by atoms with Gasteiger partial charge in [-0.3, -0.25) is 14.5 Å². The maximum absolute atomic E-state index is 13.1. The predicted molar refractivity (Wildman–Crippen MR) is 122 cm³/mol. The third-order valence-corrected chi connectivity index (χ3v) is 6.02. The molecule has 0 radical (unpaired) electrons. The van der Waals surface area contributed by atoms with Gasteiger partial charge in [0.1, 0.15) is 12.1 Å². The first kappa shape index (κ1) is 22.5. The molecule has 1 aliphatic heterocycles. The van der Waals surface area contributed by atoms with Gasteiger partial charge in [0.05, 0.1) is 0 Å². The van der Waals surface area contributed by atoms with Gasteiger partial charge in [0.25, 0.3) is 5.91 Å². The number of hydrogen-bond acceptors (Lipinski definition) is 3. The maximum Gasteiger partial charge on any atom is 0.325 e. The van der Waals surface area contributed by atoms with Gasteiger partial charge < -0.3 is 10.6 Å². The summed E-state index contributed by atoms with van der Waals surface area (Å²) in [5, 5.41) is 5.52. The van der Waals surface area contributed by atoms with E-state index in [9.17, 15) is 14.4 Å². The van der Waals surface area contributed by atoms with E-state index in [1.54, 1.807) is 6.92 Å². The Bertz CT molecular complexity index is 953. The van der Waals surface area contributed by atoms with Crippen LogP contribution < -0.4 is 10.6 Å². The van der Waals surface area contributed by atoms with Gasteiger partial charge in [-0.2, -0.15) is 0 Å². The Morgan fingerprint density at radius 3 is 2.29 bits per heavy atom. The summed E-state index contributed by atoms with van der Waals surface area (Å²) in [6.07, 6.45) is 3.04. The highest BCUT2D eigenvalue weighted by atomic mass is 16.2. The minimum atomic E-state index is -1.18. The van der Waals surface area contributed by atoms with E-state index >= 15 is 0 Å². The quantitative estimate of drug-likeness (QED) is 0.614. The summed E-state index contributed by atoms with van der Waals surface area (Å²) in [7, 11) is 0. The van der Waals surface area contributed by atoms with Crippen LogP contribution in [0.15, 0.2) is 48.5 Å². The second-order valence-corrected chi connectivity index (χ2v) is 8.37. The van der Waals surface area contributed by atoms with E-state index in [0.29, 0.717) is 17.2 Å². The summed E-state index contributed by atoms with van der Waals surface area (Å²) in [6, 6.07) is 14.8. The molecule has 0 aliphatic carbocycles. The zero-order chi connectivity index (χ0) is 22.6. The van der Waals surface area contributed by atoms with Crippen LogP contribution >= 0.6 is 0 Å². The smallest absolute Gasteiger partial charge is 0.325 e. The largest absolute Gasteiger partial charge is 0.325 e. The van der Waals surface area contributed by atoms with Crippen LogP contribution in [0, 0.1) is 0 Å². The van der Waals surface area contributed by atoms with Gasteiger partial charge in [-0.1, -0.05) is 63.6 Å². The lowest BCUT2D eigenvalue weighted by Crippen LogP contribution is -2.42. The zero-order valence-corrected chi connectivity index (χ0v) is 18.7. The van der Waals surface area contributed by atoms with Crippen molar-refractivity contribution in [1.82, 2.24) is 10.2 Å². The van der Waals surface area contributed by atoms with Crippen molar-refractivity contribution in [3.05, 3.63) is 65.2 Å². The van der Waals surface area contributed by atoms with Gasteiger partial charge in [0.15, 0.2) is 0 Å². The van der Waals surface area contributed by atoms with Crippen molar-refractivity contribution in [1.29, 1.82) is 0 Å². The van der Waals surface area contributed by atoms with Crippen molar-refractivity contribution in [2.45, 2.75) is 58.4 Å². The second kappa shape index (κ2) is 9.33. The van der Waals surface area contributed by atoms with Crippen LogP contribution in [0.1, 0.15) is 63.1 Å². The minimum absolute atomic E-state index is 0.332. The van der Waals surface area contributed by atoms with Gasteiger partial charge in [-0.05, 0) is 54.5 Å². The zero-order valence-electron chi connectivity index (χ0n) is 18.7. The monoisotopic (exact) mass is 421 g/mol. The number of rotatable bonds is 8. The molecule has 3 rings (SSSR count). The molecule has 2 N–H and O–H groups in total. The topological polar surface area (TPSA) is 78.5 Å². The average Bonchev–Trinajstić information content (AvgIpc) is 2.98. The first-order valence-corrected chi connectivity index (χ1v) is 10.9. The third kappa shape index (κ3) is 4.79. The number of aryl methyl sites for hydroxylation is 1. The summed E-state index contributed by atoms with van der Waals surface area (Å²) >= 11 is 0. The Kier molecular flexibility index (Phi) is 6.78. The summed E-state index contributed by atoms with van der Waals surface area (Å²) in [4.78, 5) is 39.0. The van der Waals surface area contributed by atoms with Crippen LogP contribution in [0.25, 0.3) is 0 Å². The lowest BCUT2D eigenvalue weighted by molar-refractivity contribution is -0.133. The second-order valence-electron chi connectivity index (χ2n) is 8.37. The predicted octanol–water partition coefficient (Wildman–Crippen LogP) is 4.56. The Labute approximate surface area is 184 Å². The number of nitrogens with one attached hydrogen (secondary N) is 2. The molecule has 4 amide bonds. The molecule has 2 aromatic rings. The van der Waals surface area contributed by atoms with Crippen molar-refractivity contribution in [3.63, 3.8) is 0 Å². The van der Waals surface area contributed by atoms with Gasteiger partial charge in [0.2, 0.25) is 5.91 Å². The normalized spacial score (nSPS) is 19.3. The fourth-order valence-corrected chi connectivity index (χ4v) is 3.80. The number of nitrogens with zero attached hydrogens (tertiary/aromatic N) is 1. The van der Waals surface area contributed by atoms with E-state index in [1.807, 2.05) is 48.5 Å². The average molecular weight is 422 g/mol. The van der Waals surface area contributed by atoms with Gasteiger partial charge in [0, 0.05) is 5.69 Å². The van der Waals surface area contributed by atoms with E-state index in [1.165, 1.54) is 11.1 Å². The lowest BCUT2D eigenvalue weighted by Gasteiger charge is -2.22. The van der Waals surface area contributed by atoms with E-state index in [4.69, 9.17) is 0 Å². The molecule has 1 heterocycles. The number of carbonyl (C=O) groups is 3.